The Balaban J connectivity index is 4.22. The lowest BCUT2D eigenvalue weighted by molar-refractivity contribution is -0.135. The predicted molar refractivity (Wildman–Crippen MR) is 59.9 cm³/mol. The molecule has 0 rings (SSSR count). The van der Waals surface area contributed by atoms with Gasteiger partial charge in [-0.2, -0.15) is 0 Å². The molecule has 0 heterocycles. The maximum absolute atomic E-state index is 11.1. The fourth-order valence-corrected chi connectivity index (χ4v) is 0.980. The monoisotopic (exact) mass is 343 g/mol. The molecule has 90 valence electrons. The van der Waals surface area contributed by atoms with Gasteiger partial charge in [-0.05, 0) is 0 Å². The molecule has 8 nitrogen and oxygen atoms in total. The zero-order chi connectivity index (χ0) is 12.6. The molecule has 0 aliphatic heterocycles. The van der Waals surface area contributed by atoms with Gasteiger partial charge in [0.2, 0.25) is 18.2 Å². The third-order valence-corrected chi connectivity index (χ3v) is 1.97. The topological polar surface area (TPSA) is 128 Å². The van der Waals surface area contributed by atoms with Crippen LogP contribution in [0.15, 0.2) is 0 Å². The van der Waals surface area contributed by atoms with E-state index in [0.29, 0.717) is 6.41 Å². The number of hydrogen-bond donors (Lipinski definition) is 3. The molecule has 0 saturated heterocycles. The number of nitrogens with one attached hydrogen (secondary N) is 2. The Morgan fingerprint density at radius 2 is 2.06 bits per heavy atom. The van der Waals surface area contributed by atoms with Crippen LogP contribution in [0.3, 0.4) is 0 Å². The number of carbonyl (C=O) groups is 4. The maximum Gasteiger partial charge on any atom is 0.317 e. The van der Waals surface area contributed by atoms with Gasteiger partial charge in [-0.1, -0.05) is 0 Å². The Labute approximate surface area is 105 Å². The van der Waals surface area contributed by atoms with Crippen molar-refractivity contribution in [2.45, 2.75) is 12.5 Å². The molecule has 1 atom stereocenters. The van der Waals surface area contributed by atoms with Crippen molar-refractivity contribution in [1.29, 1.82) is 0 Å². The van der Waals surface area contributed by atoms with Crippen LogP contribution in [-0.4, -0.2) is 36.8 Å². The molecule has 0 fully saturated rings. The number of primary amides is 1. The maximum atomic E-state index is 11.1. The van der Waals surface area contributed by atoms with Crippen molar-refractivity contribution in [1.82, 2.24) is 10.6 Å². The van der Waals surface area contributed by atoms with Gasteiger partial charge < -0.3 is 19.4 Å². The quantitative estimate of drug-likeness (QED) is 0.363. The first-order valence-corrected chi connectivity index (χ1v) is 4.96. The zero-order valence-corrected chi connectivity index (χ0v) is 10.2. The number of hydrogen-bond acceptors (Lipinski definition) is 5. The first-order chi connectivity index (χ1) is 7.51. The van der Waals surface area contributed by atoms with E-state index in [0.717, 1.165) is 0 Å². The van der Waals surface area contributed by atoms with Crippen molar-refractivity contribution in [3.63, 3.8) is 0 Å². The van der Waals surface area contributed by atoms with Crippen molar-refractivity contribution in [3.05, 3.63) is 0 Å². The molecule has 0 unspecified atom stereocenters. The molecule has 0 aromatic rings. The molecule has 0 aliphatic rings. The highest BCUT2D eigenvalue weighted by Crippen LogP contribution is 1.98. The summed E-state index contributed by atoms with van der Waals surface area (Å²) >= 11 is 1.35. The lowest BCUT2D eigenvalue weighted by Crippen LogP contribution is -2.48. The van der Waals surface area contributed by atoms with Crippen molar-refractivity contribution in [2.75, 3.05) is 6.54 Å². The molecule has 0 radical (unpaired) electrons. The minimum atomic E-state index is -1.15. The number of rotatable bonds is 7. The van der Waals surface area contributed by atoms with Crippen LogP contribution in [0.4, 0.5) is 0 Å². The number of amides is 3. The van der Waals surface area contributed by atoms with E-state index in [1.165, 1.54) is 23.0 Å². The summed E-state index contributed by atoms with van der Waals surface area (Å²) in [6, 6.07) is -1.15. The van der Waals surface area contributed by atoms with Gasteiger partial charge in [0.25, 0.3) is 0 Å². The van der Waals surface area contributed by atoms with E-state index in [1.807, 2.05) is 0 Å². The van der Waals surface area contributed by atoms with Gasteiger partial charge in [-0.25, -0.2) is 0 Å². The smallest absolute Gasteiger partial charge is 0.317 e. The predicted octanol–water partition coefficient (Wildman–Crippen LogP) is -2.01. The molecule has 16 heavy (non-hydrogen) atoms. The summed E-state index contributed by atoms with van der Waals surface area (Å²) in [5.41, 5.74) is 4.96. The molecule has 0 spiro atoms. The highest BCUT2D eigenvalue weighted by atomic mass is 127. The summed E-state index contributed by atoms with van der Waals surface area (Å²) in [6.07, 6.45) is -0.0247. The van der Waals surface area contributed by atoms with Gasteiger partial charge >= 0.3 is 5.97 Å². The Morgan fingerprint density at radius 3 is 2.50 bits per heavy atom. The van der Waals surface area contributed by atoms with E-state index >= 15 is 0 Å². The average Bonchev–Trinajstić information content (AvgIpc) is 2.24. The van der Waals surface area contributed by atoms with Gasteiger partial charge in [-0.15, -0.1) is 0 Å². The zero-order valence-electron chi connectivity index (χ0n) is 8.07. The Hall–Kier alpha value is -1.39. The second-order valence-corrected chi connectivity index (χ2v) is 3.11. The molecule has 0 bridgehead atoms. The summed E-state index contributed by atoms with van der Waals surface area (Å²) in [5, 5.41) is 4.27. The lowest BCUT2D eigenvalue weighted by Gasteiger charge is -2.13. The standard InChI is InChI=1S/C7H10IN3O5/c8-16-6(14)1-4(7(9)15)11-5(13)2-10-3-12/h3-4H,1-2H2,(H2,9,15)(H,10,12)(H,11,13)/t4-/m0/s1. The highest BCUT2D eigenvalue weighted by molar-refractivity contribution is 14.1. The van der Waals surface area contributed by atoms with Gasteiger partial charge in [0.05, 0.1) is 13.0 Å². The SMILES string of the molecule is NC(=O)[C@H](CC(=O)OI)NC(=O)CNC=O. The Bertz CT molecular complexity index is 296. The normalized spacial score (nSPS) is 11.1. The molecular weight excluding hydrogens is 333 g/mol. The van der Waals surface area contributed by atoms with Crippen LogP contribution in [0.25, 0.3) is 0 Å². The van der Waals surface area contributed by atoms with E-state index < -0.39 is 23.8 Å². The van der Waals surface area contributed by atoms with E-state index in [9.17, 15) is 19.2 Å². The van der Waals surface area contributed by atoms with Gasteiger partial charge in [0, 0.05) is 0 Å². The van der Waals surface area contributed by atoms with Crippen molar-refractivity contribution < 1.29 is 22.2 Å². The number of halogens is 1. The minimum absolute atomic E-state index is 0.299. The van der Waals surface area contributed by atoms with Crippen LogP contribution < -0.4 is 16.4 Å². The Morgan fingerprint density at radius 1 is 1.44 bits per heavy atom. The van der Waals surface area contributed by atoms with Crippen LogP contribution in [0.1, 0.15) is 6.42 Å². The third-order valence-electron chi connectivity index (χ3n) is 1.48. The fourth-order valence-electron chi connectivity index (χ4n) is 0.801. The van der Waals surface area contributed by atoms with Crippen LogP contribution in [0.5, 0.6) is 0 Å². The molecule has 0 aromatic heterocycles. The first-order valence-electron chi connectivity index (χ1n) is 4.08. The molecule has 3 amide bonds. The molecule has 0 saturated carbocycles. The van der Waals surface area contributed by atoms with Gasteiger partial charge in [0.15, 0.2) is 23.0 Å². The number of carbonyl (C=O) groups excluding carboxylic acids is 4. The van der Waals surface area contributed by atoms with Gasteiger partial charge in [-0.3, -0.25) is 19.2 Å². The molecule has 4 N–H and O–H groups in total. The second kappa shape index (κ2) is 7.84. The lowest BCUT2D eigenvalue weighted by atomic mass is 10.2. The molecular formula is C7H10IN3O5. The largest absolute Gasteiger partial charge is 0.394 e. The minimum Gasteiger partial charge on any atom is -0.394 e. The summed E-state index contributed by atoms with van der Waals surface area (Å²) in [6.45, 7) is -0.299. The second-order valence-electron chi connectivity index (χ2n) is 2.67. The van der Waals surface area contributed by atoms with Crippen LogP contribution in [0, 0.1) is 0 Å². The summed E-state index contributed by atoms with van der Waals surface area (Å²) in [5.74, 6) is -2.17. The van der Waals surface area contributed by atoms with Crippen LogP contribution in [-0.2, 0) is 22.2 Å². The highest BCUT2D eigenvalue weighted by Gasteiger charge is 2.21. The van der Waals surface area contributed by atoms with Gasteiger partial charge in [0.1, 0.15) is 6.04 Å². The van der Waals surface area contributed by atoms with Crippen molar-refractivity contribution in [2.24, 2.45) is 5.73 Å². The van der Waals surface area contributed by atoms with Crippen LogP contribution >= 0.6 is 23.0 Å². The molecule has 0 aliphatic carbocycles. The fraction of sp³-hybridized carbons (Fsp3) is 0.429. The molecule has 0 aromatic carbocycles. The summed E-state index contributed by atoms with van der Waals surface area (Å²) in [4.78, 5) is 42.7. The van der Waals surface area contributed by atoms with E-state index in [2.05, 4.69) is 13.7 Å². The Kier molecular flexibility index (Phi) is 7.16. The van der Waals surface area contributed by atoms with E-state index in [4.69, 9.17) is 5.73 Å². The molecule has 9 heteroatoms. The van der Waals surface area contributed by atoms with Crippen molar-refractivity contribution >= 4 is 47.2 Å². The van der Waals surface area contributed by atoms with E-state index in [1.54, 1.807) is 0 Å². The van der Waals surface area contributed by atoms with Crippen molar-refractivity contribution in [3.8, 4) is 0 Å². The average molecular weight is 343 g/mol. The van der Waals surface area contributed by atoms with Crippen LogP contribution in [0.2, 0.25) is 0 Å². The summed E-state index contributed by atoms with van der Waals surface area (Å²) in [7, 11) is 0. The van der Waals surface area contributed by atoms with E-state index in [-0.39, 0.29) is 13.0 Å². The summed E-state index contributed by atoms with van der Waals surface area (Å²) < 4.78 is 4.29. The third kappa shape index (κ3) is 6.16. The number of nitrogens with two attached hydrogens (primary N) is 1. The first kappa shape index (κ1) is 14.6.